The van der Waals surface area contributed by atoms with Gasteiger partial charge in [0.05, 0.1) is 12.1 Å². The third kappa shape index (κ3) is 6.61. The van der Waals surface area contributed by atoms with Gasteiger partial charge in [-0.1, -0.05) is 71.0 Å². The number of likely N-dealkylation sites (tertiary alicyclic amines) is 1. The number of amides is 2. The van der Waals surface area contributed by atoms with Crippen molar-refractivity contribution in [3.8, 4) is 0 Å². The van der Waals surface area contributed by atoms with E-state index >= 15 is 0 Å². The first kappa shape index (κ1) is 31.5. The maximum atomic E-state index is 13.3. The molecule has 0 unspecified atom stereocenters. The van der Waals surface area contributed by atoms with Crippen molar-refractivity contribution in [2.45, 2.75) is 89.9 Å². The summed E-state index contributed by atoms with van der Waals surface area (Å²) in [6.45, 7) is 10.9. The molecule has 8 nitrogen and oxygen atoms in total. The second kappa shape index (κ2) is 13.0. The number of nitrogens with zero attached hydrogens (tertiary/aromatic N) is 2. The Morgan fingerprint density at radius 2 is 1.43 bits per heavy atom. The van der Waals surface area contributed by atoms with Gasteiger partial charge < -0.3 is 26.1 Å². The van der Waals surface area contributed by atoms with Gasteiger partial charge in [-0.2, -0.15) is 5.48 Å². The molecule has 4 atom stereocenters. The van der Waals surface area contributed by atoms with E-state index < -0.39 is 12.1 Å². The molecule has 2 heterocycles. The van der Waals surface area contributed by atoms with Crippen molar-refractivity contribution >= 4 is 28.9 Å². The number of hydrogen-bond donors (Lipinski definition) is 4. The SMILES string of the molecule is CC(C)[C@H](NO)C(=O)N1CCC[C@H]1C(=O)Nc1ccc([C@@H]2CC[C@@H](c3ccc(N)cc3)N2c2ccc(C(C)(C)C)cc2)cc1. The third-order valence-corrected chi connectivity index (χ3v) is 9.21. The van der Waals surface area contributed by atoms with Crippen LogP contribution in [0.15, 0.2) is 72.8 Å². The van der Waals surface area contributed by atoms with Gasteiger partial charge in [-0.05, 0) is 90.1 Å². The van der Waals surface area contributed by atoms with Crippen LogP contribution in [0.1, 0.15) is 89.1 Å². The molecule has 5 N–H and O–H groups in total. The Morgan fingerprint density at radius 3 is 1.95 bits per heavy atom. The highest BCUT2D eigenvalue weighted by Crippen LogP contribution is 2.47. The average molecular weight is 598 g/mol. The summed E-state index contributed by atoms with van der Waals surface area (Å²) >= 11 is 0. The van der Waals surface area contributed by atoms with Crippen molar-refractivity contribution in [2.24, 2.45) is 5.92 Å². The van der Waals surface area contributed by atoms with Crippen LogP contribution in [0.4, 0.5) is 17.1 Å². The number of hydroxylamine groups is 1. The van der Waals surface area contributed by atoms with Crippen LogP contribution < -0.4 is 21.4 Å². The van der Waals surface area contributed by atoms with E-state index in [1.807, 2.05) is 38.1 Å². The molecule has 3 aromatic carbocycles. The van der Waals surface area contributed by atoms with E-state index in [9.17, 15) is 14.8 Å². The van der Waals surface area contributed by atoms with Crippen molar-refractivity contribution in [1.82, 2.24) is 10.4 Å². The Bertz CT molecular complexity index is 1430. The lowest BCUT2D eigenvalue weighted by molar-refractivity contribution is -0.142. The third-order valence-electron chi connectivity index (χ3n) is 9.21. The monoisotopic (exact) mass is 597 g/mol. The zero-order chi connectivity index (χ0) is 31.6. The molecule has 3 aromatic rings. The second-order valence-electron chi connectivity index (χ2n) is 13.6. The predicted octanol–water partition coefficient (Wildman–Crippen LogP) is 6.58. The minimum Gasteiger partial charge on any atom is -0.399 e. The van der Waals surface area contributed by atoms with E-state index in [1.165, 1.54) is 22.4 Å². The lowest BCUT2D eigenvalue weighted by Gasteiger charge is -2.34. The molecule has 0 aliphatic carbocycles. The Morgan fingerprint density at radius 1 is 0.864 bits per heavy atom. The summed E-state index contributed by atoms with van der Waals surface area (Å²) in [5.74, 6) is -0.549. The molecule has 0 radical (unpaired) electrons. The highest BCUT2D eigenvalue weighted by Gasteiger charge is 2.38. The van der Waals surface area contributed by atoms with E-state index in [-0.39, 0.29) is 35.2 Å². The zero-order valence-electron chi connectivity index (χ0n) is 26.6. The predicted molar refractivity (Wildman–Crippen MR) is 177 cm³/mol. The molecule has 2 aliphatic rings. The molecule has 234 valence electrons. The van der Waals surface area contributed by atoms with Crippen molar-refractivity contribution in [2.75, 3.05) is 22.5 Å². The largest absolute Gasteiger partial charge is 0.399 e. The Kier molecular flexibility index (Phi) is 9.32. The number of anilines is 3. The molecule has 8 heteroatoms. The van der Waals surface area contributed by atoms with E-state index in [4.69, 9.17) is 5.73 Å². The van der Waals surface area contributed by atoms with Gasteiger partial charge in [-0.3, -0.25) is 9.59 Å². The van der Waals surface area contributed by atoms with Gasteiger partial charge in [0.15, 0.2) is 0 Å². The lowest BCUT2D eigenvalue weighted by atomic mass is 9.87. The van der Waals surface area contributed by atoms with Crippen LogP contribution in [0.3, 0.4) is 0 Å². The smallest absolute Gasteiger partial charge is 0.247 e. The number of hydrogen-bond acceptors (Lipinski definition) is 6. The van der Waals surface area contributed by atoms with Crippen LogP contribution in [-0.4, -0.2) is 40.5 Å². The summed E-state index contributed by atoms with van der Waals surface area (Å²) < 4.78 is 0. The van der Waals surface area contributed by atoms with Crippen molar-refractivity contribution < 1.29 is 14.8 Å². The van der Waals surface area contributed by atoms with Crippen molar-refractivity contribution in [1.29, 1.82) is 0 Å². The van der Waals surface area contributed by atoms with E-state index in [0.717, 1.165) is 24.9 Å². The number of carbonyl (C=O) groups excluding carboxylic acids is 2. The van der Waals surface area contributed by atoms with Gasteiger partial charge in [-0.25, -0.2) is 0 Å². The topological polar surface area (TPSA) is 111 Å². The number of nitrogen functional groups attached to an aromatic ring is 1. The standard InChI is InChI=1S/C36H47N5O3/c1-23(2)33(39-44)35(43)40-22-6-7-32(40)34(42)38-28-16-10-25(11-17-28)31-21-20-30(24-8-14-27(37)15-9-24)41(31)29-18-12-26(13-19-29)36(3,4)5/h8-19,23,30-33,39,44H,6-7,20-22,37H2,1-5H3,(H,38,42)/t30-,31-,32-,33-/m0/s1. The van der Waals surface area contributed by atoms with Crippen LogP contribution in [0, 0.1) is 5.92 Å². The molecule has 0 spiro atoms. The molecule has 2 amide bonds. The van der Waals surface area contributed by atoms with E-state index in [0.29, 0.717) is 18.7 Å². The summed E-state index contributed by atoms with van der Waals surface area (Å²) in [5.41, 5.74) is 14.6. The Labute approximate surface area is 261 Å². The van der Waals surface area contributed by atoms with Gasteiger partial charge >= 0.3 is 0 Å². The molecule has 2 saturated heterocycles. The normalized spacial score (nSPS) is 21.1. The molecule has 44 heavy (non-hydrogen) atoms. The summed E-state index contributed by atoms with van der Waals surface area (Å²) in [4.78, 5) is 30.5. The van der Waals surface area contributed by atoms with E-state index in [2.05, 4.69) is 85.0 Å². The second-order valence-corrected chi connectivity index (χ2v) is 13.6. The maximum absolute atomic E-state index is 13.3. The first-order valence-corrected chi connectivity index (χ1v) is 15.8. The first-order valence-electron chi connectivity index (χ1n) is 15.8. The Balaban J connectivity index is 1.35. The fourth-order valence-electron chi connectivity index (χ4n) is 6.66. The van der Waals surface area contributed by atoms with Crippen LogP contribution in [0.25, 0.3) is 0 Å². The van der Waals surface area contributed by atoms with Crippen LogP contribution in [-0.2, 0) is 15.0 Å². The summed E-state index contributed by atoms with van der Waals surface area (Å²) in [6.07, 6.45) is 3.36. The molecule has 0 bridgehead atoms. The Hall–Kier alpha value is -3.88. The highest BCUT2D eigenvalue weighted by molar-refractivity contribution is 5.98. The van der Waals surface area contributed by atoms with Gasteiger partial charge in [-0.15, -0.1) is 0 Å². The maximum Gasteiger partial charge on any atom is 0.247 e. The van der Waals surface area contributed by atoms with E-state index in [1.54, 1.807) is 4.90 Å². The van der Waals surface area contributed by atoms with Gasteiger partial charge in [0.1, 0.15) is 12.1 Å². The number of carbonyl (C=O) groups is 2. The molecule has 0 saturated carbocycles. The molecular weight excluding hydrogens is 550 g/mol. The summed E-state index contributed by atoms with van der Waals surface area (Å²) in [5, 5.41) is 12.6. The molecule has 0 aromatic heterocycles. The number of benzene rings is 3. The molecule has 5 rings (SSSR count). The molecule has 2 fully saturated rings. The van der Waals surface area contributed by atoms with Gasteiger partial charge in [0.25, 0.3) is 0 Å². The van der Waals surface area contributed by atoms with Crippen LogP contribution >= 0.6 is 0 Å². The van der Waals surface area contributed by atoms with Crippen molar-refractivity contribution in [3.05, 3.63) is 89.5 Å². The number of nitrogens with one attached hydrogen (secondary N) is 2. The quantitative estimate of drug-likeness (QED) is 0.172. The van der Waals surface area contributed by atoms with Crippen molar-refractivity contribution in [3.63, 3.8) is 0 Å². The number of rotatable bonds is 8. The fourth-order valence-corrected chi connectivity index (χ4v) is 6.66. The first-order chi connectivity index (χ1) is 21.0. The fraction of sp³-hybridized carbons (Fsp3) is 0.444. The van der Waals surface area contributed by atoms with Crippen LogP contribution in [0.5, 0.6) is 0 Å². The van der Waals surface area contributed by atoms with Gasteiger partial charge in [0.2, 0.25) is 11.8 Å². The average Bonchev–Trinajstić information content (AvgIpc) is 3.66. The summed E-state index contributed by atoms with van der Waals surface area (Å²) in [6, 6.07) is 24.4. The number of nitrogens with two attached hydrogens (primary N) is 1. The highest BCUT2D eigenvalue weighted by atomic mass is 16.5. The molecular formula is C36H47N5O3. The summed E-state index contributed by atoms with van der Waals surface area (Å²) in [7, 11) is 0. The minimum absolute atomic E-state index is 0.0776. The molecule has 2 aliphatic heterocycles. The zero-order valence-corrected chi connectivity index (χ0v) is 26.6. The minimum atomic E-state index is -0.737. The van der Waals surface area contributed by atoms with Crippen LogP contribution in [0.2, 0.25) is 0 Å². The van der Waals surface area contributed by atoms with Gasteiger partial charge in [0, 0.05) is 23.6 Å². The lowest BCUT2D eigenvalue weighted by Crippen LogP contribution is -2.52.